The van der Waals surface area contributed by atoms with E-state index in [1.807, 2.05) is 16.8 Å². The van der Waals surface area contributed by atoms with Crippen molar-refractivity contribution < 1.29 is 4.74 Å². The summed E-state index contributed by atoms with van der Waals surface area (Å²) in [6, 6.07) is 10.7. The Hall–Kier alpha value is -1.94. The largest absolute Gasteiger partial charge is 0.364 e. The van der Waals surface area contributed by atoms with Crippen LogP contribution in [0.1, 0.15) is 37.3 Å². The van der Waals surface area contributed by atoms with Gasteiger partial charge in [-0.3, -0.25) is 0 Å². The molecule has 110 valence electrons. The molecule has 2 unspecified atom stereocenters. The molecule has 3 rings (SSSR count). The maximum absolute atomic E-state index is 6.34. The summed E-state index contributed by atoms with van der Waals surface area (Å²) < 4.78 is 8.29. The number of hydrogen-bond acceptors (Lipinski definition) is 3. The molecule has 4 nitrogen and oxygen atoms in total. The van der Waals surface area contributed by atoms with Crippen molar-refractivity contribution in [1.29, 1.82) is 0 Å². The second-order valence-electron chi connectivity index (χ2n) is 5.49. The van der Waals surface area contributed by atoms with E-state index in [9.17, 15) is 0 Å². The van der Waals surface area contributed by atoms with Crippen molar-refractivity contribution >= 4 is 0 Å². The summed E-state index contributed by atoms with van der Waals surface area (Å²) in [5.74, 6) is 0. The Morgan fingerprint density at radius 3 is 2.90 bits per heavy atom. The number of nitrogens with zero attached hydrogens (tertiary/aromatic N) is 3. The lowest BCUT2D eigenvalue weighted by Crippen LogP contribution is -2.42. The van der Waals surface area contributed by atoms with Crippen LogP contribution in [0.3, 0.4) is 0 Å². The molecule has 2 aromatic rings. The van der Waals surface area contributed by atoms with Crippen LogP contribution < -0.4 is 0 Å². The second kappa shape index (κ2) is 6.22. The molecule has 21 heavy (non-hydrogen) atoms. The van der Waals surface area contributed by atoms with Gasteiger partial charge in [-0.15, -0.1) is 6.58 Å². The van der Waals surface area contributed by atoms with Gasteiger partial charge < -0.3 is 4.74 Å². The molecule has 1 saturated carbocycles. The van der Waals surface area contributed by atoms with Gasteiger partial charge in [0.15, 0.2) is 0 Å². The smallest absolute Gasteiger partial charge is 0.137 e. The highest BCUT2D eigenvalue weighted by Crippen LogP contribution is 2.47. The van der Waals surface area contributed by atoms with E-state index in [4.69, 9.17) is 4.74 Å². The van der Waals surface area contributed by atoms with Crippen LogP contribution in [-0.4, -0.2) is 21.4 Å². The third kappa shape index (κ3) is 2.63. The number of aromatic nitrogens is 3. The molecular weight excluding hydrogens is 262 g/mol. The summed E-state index contributed by atoms with van der Waals surface area (Å²) in [7, 11) is 0. The molecule has 0 spiro atoms. The lowest BCUT2D eigenvalue weighted by atomic mass is 9.75. The van der Waals surface area contributed by atoms with E-state index in [-0.39, 0.29) is 11.6 Å². The van der Waals surface area contributed by atoms with Crippen molar-refractivity contribution in [3.63, 3.8) is 0 Å². The summed E-state index contributed by atoms with van der Waals surface area (Å²) in [4.78, 5) is 4.11. The molecule has 0 N–H and O–H groups in total. The summed E-state index contributed by atoms with van der Waals surface area (Å²) >= 11 is 0. The first kappa shape index (κ1) is 14.0. The van der Waals surface area contributed by atoms with Crippen molar-refractivity contribution in [2.45, 2.75) is 37.3 Å². The molecule has 1 aromatic carbocycles. The second-order valence-corrected chi connectivity index (χ2v) is 5.49. The van der Waals surface area contributed by atoms with E-state index in [0.29, 0.717) is 6.61 Å². The summed E-state index contributed by atoms with van der Waals surface area (Å²) in [6.07, 6.45) is 9.61. The monoisotopic (exact) mass is 283 g/mol. The van der Waals surface area contributed by atoms with Crippen LogP contribution in [0.2, 0.25) is 0 Å². The average molecular weight is 283 g/mol. The molecule has 1 aliphatic carbocycles. The number of hydrogen-bond donors (Lipinski definition) is 0. The van der Waals surface area contributed by atoms with Crippen molar-refractivity contribution in [1.82, 2.24) is 14.8 Å². The maximum Gasteiger partial charge on any atom is 0.137 e. The lowest BCUT2D eigenvalue weighted by molar-refractivity contribution is -0.102. The van der Waals surface area contributed by atoms with Gasteiger partial charge in [0.25, 0.3) is 0 Å². The van der Waals surface area contributed by atoms with Crippen LogP contribution in [0, 0.1) is 0 Å². The van der Waals surface area contributed by atoms with Gasteiger partial charge in [0, 0.05) is 0 Å². The summed E-state index contributed by atoms with van der Waals surface area (Å²) in [5, 5.41) is 4.37. The predicted octanol–water partition coefficient (Wildman–Crippen LogP) is 3.49. The fraction of sp³-hybridized carbons (Fsp3) is 0.412. The highest BCUT2D eigenvalue weighted by Gasteiger charge is 2.44. The zero-order valence-corrected chi connectivity index (χ0v) is 12.2. The van der Waals surface area contributed by atoms with Gasteiger partial charge in [-0.05, 0) is 18.4 Å². The van der Waals surface area contributed by atoms with E-state index in [1.165, 1.54) is 12.0 Å². The van der Waals surface area contributed by atoms with Crippen molar-refractivity contribution in [2.75, 3.05) is 6.61 Å². The van der Waals surface area contributed by atoms with Gasteiger partial charge in [0.05, 0.1) is 12.6 Å². The van der Waals surface area contributed by atoms with E-state index in [0.717, 1.165) is 19.3 Å². The summed E-state index contributed by atoms with van der Waals surface area (Å²) in [5.41, 5.74) is 0.869. The third-order valence-corrected chi connectivity index (χ3v) is 4.29. The fourth-order valence-corrected chi connectivity index (χ4v) is 3.37. The predicted molar refractivity (Wildman–Crippen MR) is 81.8 cm³/mol. The van der Waals surface area contributed by atoms with Gasteiger partial charge in [-0.25, -0.2) is 9.67 Å². The topological polar surface area (TPSA) is 39.9 Å². The Labute approximate surface area is 125 Å². The van der Waals surface area contributed by atoms with Crippen molar-refractivity contribution in [2.24, 2.45) is 0 Å². The number of rotatable bonds is 5. The van der Waals surface area contributed by atoms with E-state index in [2.05, 4.69) is 40.9 Å². The quantitative estimate of drug-likeness (QED) is 0.789. The normalized spacial score (nSPS) is 25.6. The van der Waals surface area contributed by atoms with Crippen LogP contribution in [0.5, 0.6) is 0 Å². The molecule has 1 aliphatic rings. The van der Waals surface area contributed by atoms with Crippen molar-refractivity contribution in [3.8, 4) is 0 Å². The molecular formula is C17H21N3O. The molecule has 0 radical (unpaired) electrons. The Bertz CT molecular complexity index is 567. The molecule has 0 amide bonds. The first-order valence-corrected chi connectivity index (χ1v) is 7.51. The zero-order valence-electron chi connectivity index (χ0n) is 12.2. The van der Waals surface area contributed by atoms with Crippen LogP contribution in [0.15, 0.2) is 55.6 Å². The molecule has 4 heteroatoms. The van der Waals surface area contributed by atoms with Gasteiger partial charge in [0.2, 0.25) is 0 Å². The van der Waals surface area contributed by atoms with Crippen LogP contribution in [0.25, 0.3) is 0 Å². The van der Waals surface area contributed by atoms with Crippen LogP contribution >= 0.6 is 0 Å². The van der Waals surface area contributed by atoms with Crippen molar-refractivity contribution in [3.05, 3.63) is 61.2 Å². The van der Waals surface area contributed by atoms with Crippen LogP contribution in [0.4, 0.5) is 0 Å². The minimum atomic E-state index is -0.346. The molecule has 0 aliphatic heterocycles. The molecule has 1 heterocycles. The minimum absolute atomic E-state index is 0.177. The number of ether oxygens (including phenoxy) is 1. The first-order chi connectivity index (χ1) is 10.4. The molecule has 0 saturated heterocycles. The minimum Gasteiger partial charge on any atom is -0.364 e. The lowest BCUT2D eigenvalue weighted by Gasteiger charge is -2.44. The third-order valence-electron chi connectivity index (χ3n) is 4.29. The maximum atomic E-state index is 6.34. The van der Waals surface area contributed by atoms with Gasteiger partial charge in [-0.2, -0.15) is 5.10 Å². The molecule has 2 atom stereocenters. The molecule has 1 aromatic heterocycles. The van der Waals surface area contributed by atoms with Gasteiger partial charge in [-0.1, -0.05) is 49.2 Å². The Kier molecular flexibility index (Phi) is 4.15. The van der Waals surface area contributed by atoms with E-state index in [1.54, 1.807) is 12.7 Å². The first-order valence-electron chi connectivity index (χ1n) is 7.51. The average Bonchev–Trinajstić information content (AvgIpc) is 3.08. The Morgan fingerprint density at radius 1 is 1.33 bits per heavy atom. The van der Waals surface area contributed by atoms with Gasteiger partial charge >= 0.3 is 0 Å². The zero-order chi connectivity index (χ0) is 14.5. The highest BCUT2D eigenvalue weighted by atomic mass is 16.5. The van der Waals surface area contributed by atoms with E-state index < -0.39 is 0 Å². The SMILES string of the molecule is C=CCOC1(c2ccccc2)CCCCC1n1cncn1. The molecule has 1 fully saturated rings. The fourth-order valence-electron chi connectivity index (χ4n) is 3.37. The molecule has 0 bridgehead atoms. The number of benzene rings is 1. The standard InChI is InChI=1S/C17H21N3O/c1-2-12-21-17(15-8-4-3-5-9-15)11-7-6-10-16(17)20-14-18-13-19-20/h2-5,8-9,13-14,16H,1,6-7,10-12H2. The van der Waals surface area contributed by atoms with E-state index >= 15 is 0 Å². The summed E-state index contributed by atoms with van der Waals surface area (Å²) in [6.45, 7) is 4.34. The van der Waals surface area contributed by atoms with Crippen LogP contribution in [-0.2, 0) is 10.3 Å². The van der Waals surface area contributed by atoms with Gasteiger partial charge in [0.1, 0.15) is 18.3 Å². The Morgan fingerprint density at radius 2 is 2.19 bits per heavy atom. The Balaban J connectivity index is 2.04. The highest BCUT2D eigenvalue weighted by molar-refractivity contribution is 5.25.